The number of nitrogens with zero attached hydrogens (tertiary/aromatic N) is 2. The van der Waals surface area contributed by atoms with Gasteiger partial charge in [0.2, 0.25) is 10.0 Å². The maximum Gasteiger partial charge on any atom is 0.407 e. The molecule has 2 aromatic carbocycles. The standard InChI is InChI=1S/C36H48N4O7S2/c1-3-7-22(2)40(49(43,44)26-14-17-30-32(18-26)48-35(38-30)37-25-12-13-25)19-31(41)29(16-10-23-8-5-4-6-9-23)39-36(42)47-33-24-11-15-27-28(33)21-46-34(27)45-20-24/h4-6,8-9,14,17-18,22,24-25,27-29,31,33-34,41H,3,7,10-13,15-16,19-21H2,1-2H3,(H,37,38)(H,39,42)/t22?,24?,27?,28?,29-,31+,33?,34?/m0/s1. The molecule has 3 aromatic rings. The van der Waals surface area contributed by atoms with Crippen LogP contribution in [0.25, 0.3) is 10.2 Å². The Balaban J connectivity index is 1.10. The van der Waals surface area contributed by atoms with E-state index in [9.17, 15) is 18.3 Å². The van der Waals surface area contributed by atoms with Crippen molar-refractivity contribution < 1.29 is 32.5 Å². The summed E-state index contributed by atoms with van der Waals surface area (Å²) < 4.78 is 48.8. The highest BCUT2D eigenvalue weighted by molar-refractivity contribution is 7.89. The molecule has 13 heteroatoms. The quantitative estimate of drug-likeness (QED) is 0.186. The summed E-state index contributed by atoms with van der Waals surface area (Å²) in [5.74, 6) is 0.386. The number of aliphatic hydroxyl groups is 1. The molecule has 8 rings (SSSR count). The highest BCUT2D eigenvalue weighted by atomic mass is 32.2. The maximum absolute atomic E-state index is 14.3. The number of amides is 1. The van der Waals surface area contributed by atoms with Crippen molar-refractivity contribution in [2.45, 2.75) is 107 Å². The number of hydrogen-bond acceptors (Lipinski definition) is 10. The summed E-state index contributed by atoms with van der Waals surface area (Å²) in [6, 6.07) is 14.2. The molecular formula is C36H48N4O7S2. The summed E-state index contributed by atoms with van der Waals surface area (Å²) in [6.45, 7) is 4.69. The molecule has 5 fully saturated rings. The van der Waals surface area contributed by atoms with E-state index in [2.05, 4.69) is 15.6 Å². The Bertz CT molecular complexity index is 1700. The van der Waals surface area contributed by atoms with Gasteiger partial charge in [-0.15, -0.1) is 0 Å². The SMILES string of the molecule is CCCC(C)N(C[C@@H](O)[C@H](CCc1ccccc1)NC(=O)OC1C2CCC3C(OC2)OCC31)S(=O)(=O)c1ccc2nc(NC3CC3)sc2c1. The van der Waals surface area contributed by atoms with Crippen molar-refractivity contribution in [2.75, 3.05) is 25.1 Å². The van der Waals surface area contributed by atoms with Crippen LogP contribution in [0.3, 0.4) is 0 Å². The molecule has 1 aromatic heterocycles. The lowest BCUT2D eigenvalue weighted by molar-refractivity contribution is -0.135. The maximum atomic E-state index is 14.3. The first kappa shape index (κ1) is 34.6. The van der Waals surface area contributed by atoms with Crippen molar-refractivity contribution in [3.63, 3.8) is 0 Å². The highest BCUT2D eigenvalue weighted by Crippen LogP contribution is 2.46. The molecule has 49 heavy (non-hydrogen) atoms. The lowest BCUT2D eigenvalue weighted by Gasteiger charge is -2.36. The fourth-order valence-electron chi connectivity index (χ4n) is 7.71. The fourth-order valence-corrected chi connectivity index (χ4v) is 10.5. The monoisotopic (exact) mass is 712 g/mol. The van der Waals surface area contributed by atoms with E-state index in [1.165, 1.54) is 15.6 Å². The Morgan fingerprint density at radius 1 is 1.08 bits per heavy atom. The topological polar surface area (TPSA) is 139 Å². The average molecular weight is 713 g/mol. The summed E-state index contributed by atoms with van der Waals surface area (Å²) in [4.78, 5) is 18.4. The number of aryl methyl sites for hydroxylation is 1. The molecule has 5 aliphatic rings. The van der Waals surface area contributed by atoms with E-state index in [4.69, 9.17) is 14.2 Å². The third-order valence-corrected chi connectivity index (χ3v) is 13.5. The van der Waals surface area contributed by atoms with Gasteiger partial charge in [0.1, 0.15) is 6.10 Å². The van der Waals surface area contributed by atoms with Gasteiger partial charge in [0, 0.05) is 36.4 Å². The number of nitrogens with one attached hydrogen (secondary N) is 2. The minimum absolute atomic E-state index is 0.0803. The molecule has 6 unspecified atom stereocenters. The molecule has 2 aliphatic carbocycles. The number of rotatable bonds is 15. The van der Waals surface area contributed by atoms with Crippen LogP contribution in [0.1, 0.15) is 64.4 Å². The van der Waals surface area contributed by atoms with Crippen LogP contribution in [0.15, 0.2) is 53.4 Å². The summed E-state index contributed by atoms with van der Waals surface area (Å²) in [5, 5.41) is 19.0. The number of benzene rings is 2. The number of carbonyl (C=O) groups excluding carboxylic acids is 1. The molecule has 2 saturated carbocycles. The summed E-state index contributed by atoms with van der Waals surface area (Å²) in [7, 11) is -4.02. The van der Waals surface area contributed by atoms with E-state index in [0.717, 1.165) is 53.0 Å². The zero-order valence-corrected chi connectivity index (χ0v) is 29.8. The smallest absolute Gasteiger partial charge is 0.407 e. The van der Waals surface area contributed by atoms with Gasteiger partial charge in [-0.2, -0.15) is 4.31 Å². The number of sulfonamides is 1. The number of aromatic nitrogens is 1. The van der Waals surface area contributed by atoms with Gasteiger partial charge in [-0.3, -0.25) is 0 Å². The lowest BCUT2D eigenvalue weighted by Crippen LogP contribution is -2.53. The molecule has 1 amide bonds. The normalized spacial score (nSPS) is 26.7. The second-order valence-electron chi connectivity index (χ2n) is 14.2. The third-order valence-electron chi connectivity index (χ3n) is 10.6. The first-order valence-electron chi connectivity index (χ1n) is 17.8. The van der Waals surface area contributed by atoms with E-state index in [0.29, 0.717) is 38.5 Å². The molecule has 8 atom stereocenters. The molecular weight excluding hydrogens is 665 g/mol. The fraction of sp³-hybridized carbons (Fsp3) is 0.611. The number of aliphatic hydroxyl groups excluding tert-OH is 1. The third kappa shape index (κ3) is 7.77. The molecule has 266 valence electrons. The van der Waals surface area contributed by atoms with Crippen LogP contribution in [-0.4, -0.2) is 85.3 Å². The molecule has 4 bridgehead atoms. The second-order valence-corrected chi connectivity index (χ2v) is 17.1. The van der Waals surface area contributed by atoms with Gasteiger partial charge >= 0.3 is 6.09 Å². The van der Waals surface area contributed by atoms with Crippen molar-refractivity contribution in [3.8, 4) is 0 Å². The highest BCUT2D eigenvalue weighted by Gasteiger charge is 2.52. The number of fused-ring (bicyclic) bond motifs is 3. The molecule has 4 heterocycles. The zero-order chi connectivity index (χ0) is 34.1. The largest absolute Gasteiger partial charge is 0.445 e. The Morgan fingerprint density at radius 2 is 1.88 bits per heavy atom. The van der Waals surface area contributed by atoms with Crippen LogP contribution in [0, 0.1) is 17.8 Å². The molecule has 0 radical (unpaired) electrons. The van der Waals surface area contributed by atoms with E-state index >= 15 is 0 Å². The predicted octanol–water partition coefficient (Wildman–Crippen LogP) is 5.54. The number of anilines is 1. The average Bonchev–Trinajstić information content (AvgIpc) is 3.75. The Kier molecular flexibility index (Phi) is 10.5. The minimum atomic E-state index is -4.02. The molecule has 3 N–H and O–H groups in total. The molecule has 0 spiro atoms. The Morgan fingerprint density at radius 3 is 2.65 bits per heavy atom. The first-order chi connectivity index (χ1) is 23.7. The summed E-state index contributed by atoms with van der Waals surface area (Å²) in [6.07, 6.45) is 4.14. The lowest BCUT2D eigenvalue weighted by atomic mass is 9.74. The number of ether oxygens (including phenoxy) is 3. The van der Waals surface area contributed by atoms with Gasteiger partial charge in [0.25, 0.3) is 0 Å². The van der Waals surface area contributed by atoms with Gasteiger partial charge < -0.3 is 30.0 Å². The molecule has 3 saturated heterocycles. The summed E-state index contributed by atoms with van der Waals surface area (Å²) >= 11 is 1.45. The van der Waals surface area contributed by atoms with Crippen molar-refractivity contribution in [2.24, 2.45) is 17.8 Å². The molecule has 3 aliphatic heterocycles. The van der Waals surface area contributed by atoms with Gasteiger partial charge in [0.15, 0.2) is 11.4 Å². The van der Waals surface area contributed by atoms with Gasteiger partial charge in [-0.25, -0.2) is 18.2 Å². The second kappa shape index (κ2) is 14.8. The van der Waals surface area contributed by atoms with Crippen LogP contribution in [0.5, 0.6) is 0 Å². The van der Waals surface area contributed by atoms with Gasteiger partial charge in [-0.05, 0) is 75.6 Å². The van der Waals surface area contributed by atoms with Crippen LogP contribution >= 0.6 is 11.3 Å². The van der Waals surface area contributed by atoms with E-state index in [1.54, 1.807) is 18.2 Å². The van der Waals surface area contributed by atoms with Crippen molar-refractivity contribution in [1.82, 2.24) is 14.6 Å². The van der Waals surface area contributed by atoms with Crippen molar-refractivity contribution >= 4 is 42.8 Å². The van der Waals surface area contributed by atoms with Crippen molar-refractivity contribution in [1.29, 1.82) is 0 Å². The van der Waals surface area contributed by atoms with E-state index in [-0.39, 0.29) is 47.6 Å². The number of thiazole rings is 1. The van der Waals surface area contributed by atoms with Crippen LogP contribution in [-0.2, 0) is 30.7 Å². The Labute approximate surface area is 292 Å². The van der Waals surface area contributed by atoms with Gasteiger partial charge in [0.05, 0.1) is 40.5 Å². The van der Waals surface area contributed by atoms with Gasteiger partial charge in [-0.1, -0.05) is 55.0 Å². The van der Waals surface area contributed by atoms with E-state index < -0.39 is 28.3 Å². The predicted molar refractivity (Wildman–Crippen MR) is 188 cm³/mol. The number of alkyl carbamates (subject to hydrolysis) is 1. The van der Waals surface area contributed by atoms with Crippen LogP contribution in [0.2, 0.25) is 0 Å². The first-order valence-corrected chi connectivity index (χ1v) is 20.1. The van der Waals surface area contributed by atoms with Crippen molar-refractivity contribution in [3.05, 3.63) is 54.1 Å². The Hall–Kier alpha value is -2.81. The van der Waals surface area contributed by atoms with E-state index in [1.807, 2.05) is 44.2 Å². The number of carbonyl (C=O) groups is 1. The van der Waals surface area contributed by atoms with Crippen LogP contribution in [0.4, 0.5) is 9.93 Å². The molecule has 11 nitrogen and oxygen atoms in total. The minimum Gasteiger partial charge on any atom is -0.445 e. The summed E-state index contributed by atoms with van der Waals surface area (Å²) in [5.41, 5.74) is 1.80. The zero-order valence-electron chi connectivity index (χ0n) is 28.2. The van der Waals surface area contributed by atoms with Crippen LogP contribution < -0.4 is 10.6 Å². The number of hydrogen-bond donors (Lipinski definition) is 3.